The second kappa shape index (κ2) is 7.18. The molecular formula is C19H17FN6O2. The van der Waals surface area contributed by atoms with Crippen LogP contribution in [-0.4, -0.2) is 38.6 Å². The second-order valence-corrected chi connectivity index (χ2v) is 6.65. The third-order valence-corrected chi connectivity index (χ3v) is 4.66. The van der Waals surface area contributed by atoms with Crippen LogP contribution in [0.2, 0.25) is 0 Å². The van der Waals surface area contributed by atoms with Gasteiger partial charge in [-0.25, -0.2) is 9.07 Å². The van der Waals surface area contributed by atoms with E-state index in [4.69, 9.17) is 0 Å². The molecule has 1 aliphatic heterocycles. The molecule has 0 radical (unpaired) electrons. The van der Waals surface area contributed by atoms with Crippen molar-refractivity contribution in [2.45, 2.75) is 13.3 Å². The van der Waals surface area contributed by atoms with Crippen LogP contribution in [0, 0.1) is 18.7 Å². The lowest BCUT2D eigenvalue weighted by Gasteiger charge is -2.17. The fourth-order valence-electron chi connectivity index (χ4n) is 3.12. The van der Waals surface area contributed by atoms with Crippen molar-refractivity contribution in [1.29, 1.82) is 0 Å². The van der Waals surface area contributed by atoms with Gasteiger partial charge in [0.1, 0.15) is 12.1 Å². The van der Waals surface area contributed by atoms with Crippen LogP contribution in [0.5, 0.6) is 0 Å². The fraction of sp³-hybridized carbons (Fsp3) is 0.211. The number of hydrogen-bond donors (Lipinski definition) is 1. The molecule has 1 fully saturated rings. The quantitative estimate of drug-likeness (QED) is 0.748. The predicted molar refractivity (Wildman–Crippen MR) is 99.4 cm³/mol. The predicted octanol–water partition coefficient (Wildman–Crippen LogP) is 2.10. The topological polar surface area (TPSA) is 93.0 Å². The van der Waals surface area contributed by atoms with Gasteiger partial charge < -0.3 is 10.2 Å². The molecule has 1 aromatic heterocycles. The van der Waals surface area contributed by atoms with E-state index in [0.717, 1.165) is 11.3 Å². The number of nitrogens with zero attached hydrogens (tertiary/aromatic N) is 5. The highest BCUT2D eigenvalue weighted by molar-refractivity contribution is 6.03. The van der Waals surface area contributed by atoms with Gasteiger partial charge in [0.2, 0.25) is 11.8 Å². The molecule has 1 saturated heterocycles. The van der Waals surface area contributed by atoms with E-state index in [1.807, 2.05) is 31.2 Å². The van der Waals surface area contributed by atoms with Gasteiger partial charge in [0, 0.05) is 18.7 Å². The summed E-state index contributed by atoms with van der Waals surface area (Å²) in [5.41, 5.74) is 2.35. The third kappa shape index (κ3) is 3.46. The van der Waals surface area contributed by atoms with E-state index in [-0.39, 0.29) is 24.6 Å². The third-order valence-electron chi connectivity index (χ3n) is 4.66. The summed E-state index contributed by atoms with van der Waals surface area (Å²) in [7, 11) is 0. The molecule has 8 nitrogen and oxygen atoms in total. The Labute approximate surface area is 160 Å². The minimum Gasteiger partial charge on any atom is -0.323 e. The highest BCUT2D eigenvalue weighted by atomic mass is 19.1. The van der Waals surface area contributed by atoms with Crippen LogP contribution in [0.25, 0.3) is 5.69 Å². The average Bonchev–Trinajstić information content (AvgIpc) is 3.34. The van der Waals surface area contributed by atoms with E-state index in [1.165, 1.54) is 29.2 Å². The molecule has 0 spiro atoms. The Morgan fingerprint density at radius 2 is 1.93 bits per heavy atom. The summed E-state index contributed by atoms with van der Waals surface area (Å²) < 4.78 is 15.5. The smallest absolute Gasteiger partial charge is 0.229 e. The number of tetrazole rings is 1. The molecule has 4 rings (SSSR count). The minimum absolute atomic E-state index is 0.0132. The Hall–Kier alpha value is -3.62. The first-order valence-corrected chi connectivity index (χ1v) is 8.72. The van der Waals surface area contributed by atoms with Gasteiger partial charge in [-0.15, -0.1) is 5.10 Å². The molecule has 142 valence electrons. The van der Waals surface area contributed by atoms with Crippen LogP contribution in [0.3, 0.4) is 0 Å². The molecule has 2 amide bonds. The lowest BCUT2D eigenvalue weighted by atomic mass is 10.1. The zero-order chi connectivity index (χ0) is 19.7. The highest BCUT2D eigenvalue weighted by Crippen LogP contribution is 2.27. The number of amides is 2. The summed E-state index contributed by atoms with van der Waals surface area (Å²) in [5.74, 6) is -1.68. The Balaban J connectivity index is 1.49. The van der Waals surface area contributed by atoms with Gasteiger partial charge in [-0.1, -0.05) is 17.7 Å². The van der Waals surface area contributed by atoms with Crippen molar-refractivity contribution in [2.75, 3.05) is 16.8 Å². The number of benzene rings is 2. The number of rotatable bonds is 4. The SMILES string of the molecule is Cc1ccc(N2CC(C(=O)Nc3cc(-n4cnnn4)ccc3F)CC2=O)cc1. The normalized spacial score (nSPS) is 16.4. The molecule has 0 saturated carbocycles. The first-order chi connectivity index (χ1) is 13.5. The Bertz CT molecular complexity index is 1020. The van der Waals surface area contributed by atoms with E-state index in [0.29, 0.717) is 5.69 Å². The lowest BCUT2D eigenvalue weighted by molar-refractivity contribution is -0.122. The minimum atomic E-state index is -0.579. The van der Waals surface area contributed by atoms with E-state index >= 15 is 0 Å². The number of halogens is 1. The van der Waals surface area contributed by atoms with Crippen molar-refractivity contribution in [1.82, 2.24) is 20.2 Å². The number of carbonyl (C=O) groups excluding carboxylic acids is 2. The van der Waals surface area contributed by atoms with E-state index in [2.05, 4.69) is 20.8 Å². The van der Waals surface area contributed by atoms with Gasteiger partial charge >= 0.3 is 0 Å². The number of carbonyl (C=O) groups is 2. The monoisotopic (exact) mass is 380 g/mol. The maximum absolute atomic E-state index is 14.2. The summed E-state index contributed by atoms with van der Waals surface area (Å²) in [6.45, 7) is 2.21. The van der Waals surface area contributed by atoms with Crippen molar-refractivity contribution in [3.8, 4) is 5.69 Å². The van der Waals surface area contributed by atoms with Crippen LogP contribution >= 0.6 is 0 Å². The average molecular weight is 380 g/mol. The van der Waals surface area contributed by atoms with Crippen molar-refractivity contribution >= 4 is 23.2 Å². The number of nitrogens with one attached hydrogen (secondary N) is 1. The van der Waals surface area contributed by atoms with Crippen LogP contribution in [0.15, 0.2) is 48.8 Å². The van der Waals surface area contributed by atoms with E-state index in [9.17, 15) is 14.0 Å². The first-order valence-electron chi connectivity index (χ1n) is 8.72. The molecule has 1 unspecified atom stereocenters. The standard InChI is InChI=1S/C19H17FN6O2/c1-12-2-4-14(5-3-12)25-10-13(8-18(25)27)19(28)22-17-9-15(6-7-16(17)20)26-11-21-23-24-26/h2-7,9,11,13H,8,10H2,1H3,(H,22,28). The van der Waals surface area contributed by atoms with Crippen molar-refractivity contribution in [3.05, 3.63) is 60.2 Å². The first kappa shape index (κ1) is 17.8. The van der Waals surface area contributed by atoms with E-state index in [1.54, 1.807) is 4.90 Å². The molecular weight excluding hydrogens is 363 g/mol. The molecule has 2 aromatic carbocycles. The van der Waals surface area contributed by atoms with Crippen LogP contribution < -0.4 is 10.2 Å². The van der Waals surface area contributed by atoms with Crippen molar-refractivity contribution in [2.24, 2.45) is 5.92 Å². The largest absolute Gasteiger partial charge is 0.323 e. The van der Waals surface area contributed by atoms with Gasteiger partial charge in [-0.3, -0.25) is 9.59 Å². The van der Waals surface area contributed by atoms with Crippen LogP contribution in [-0.2, 0) is 9.59 Å². The number of anilines is 2. The maximum Gasteiger partial charge on any atom is 0.229 e. The van der Waals surface area contributed by atoms with Gasteiger partial charge in [-0.2, -0.15) is 0 Å². The fourth-order valence-corrected chi connectivity index (χ4v) is 3.12. The van der Waals surface area contributed by atoms with Crippen molar-refractivity contribution < 1.29 is 14.0 Å². The number of hydrogen-bond acceptors (Lipinski definition) is 5. The van der Waals surface area contributed by atoms with Crippen molar-refractivity contribution in [3.63, 3.8) is 0 Å². The Kier molecular flexibility index (Phi) is 4.56. The number of aryl methyl sites for hydroxylation is 1. The molecule has 28 heavy (non-hydrogen) atoms. The Morgan fingerprint density at radius 1 is 1.18 bits per heavy atom. The molecule has 3 aromatic rings. The molecule has 1 N–H and O–H groups in total. The van der Waals surface area contributed by atoms with E-state index < -0.39 is 17.6 Å². The molecule has 1 atom stereocenters. The zero-order valence-corrected chi connectivity index (χ0v) is 15.0. The molecule has 9 heteroatoms. The lowest BCUT2D eigenvalue weighted by Crippen LogP contribution is -2.28. The zero-order valence-electron chi connectivity index (χ0n) is 15.0. The second-order valence-electron chi connectivity index (χ2n) is 6.65. The molecule has 2 heterocycles. The van der Waals surface area contributed by atoms with Crippen LogP contribution in [0.4, 0.5) is 15.8 Å². The van der Waals surface area contributed by atoms with Gasteiger partial charge in [-0.05, 0) is 47.7 Å². The molecule has 0 aliphatic carbocycles. The van der Waals surface area contributed by atoms with Gasteiger partial charge in [0.05, 0.1) is 17.3 Å². The summed E-state index contributed by atoms with van der Waals surface area (Å²) in [6.07, 6.45) is 1.45. The molecule has 0 bridgehead atoms. The summed E-state index contributed by atoms with van der Waals surface area (Å²) in [4.78, 5) is 26.6. The van der Waals surface area contributed by atoms with Gasteiger partial charge in [0.25, 0.3) is 0 Å². The maximum atomic E-state index is 14.2. The molecule has 1 aliphatic rings. The van der Waals surface area contributed by atoms with Crippen LogP contribution in [0.1, 0.15) is 12.0 Å². The number of aromatic nitrogens is 4. The summed E-state index contributed by atoms with van der Waals surface area (Å²) in [5, 5.41) is 13.4. The Morgan fingerprint density at radius 3 is 2.64 bits per heavy atom. The highest BCUT2D eigenvalue weighted by Gasteiger charge is 2.35. The van der Waals surface area contributed by atoms with Gasteiger partial charge in [0.15, 0.2) is 0 Å². The summed E-state index contributed by atoms with van der Waals surface area (Å²) >= 11 is 0. The summed E-state index contributed by atoms with van der Waals surface area (Å²) in [6, 6.07) is 11.7.